The van der Waals surface area contributed by atoms with Crippen molar-refractivity contribution >= 4 is 11.9 Å². The van der Waals surface area contributed by atoms with Crippen LogP contribution in [-0.2, 0) is 16.1 Å². The molecule has 1 aliphatic rings. The highest BCUT2D eigenvalue weighted by atomic mass is 16.5. The van der Waals surface area contributed by atoms with Crippen molar-refractivity contribution in [3.05, 3.63) is 6.33 Å². The van der Waals surface area contributed by atoms with Gasteiger partial charge in [0.1, 0.15) is 12.9 Å². The molecule has 18 heavy (non-hydrogen) atoms. The van der Waals surface area contributed by atoms with E-state index in [1.807, 2.05) is 4.90 Å². The van der Waals surface area contributed by atoms with E-state index < -0.39 is 0 Å². The highest BCUT2D eigenvalue weighted by Crippen LogP contribution is 2.16. The molecule has 0 spiro atoms. The maximum absolute atomic E-state index is 12.1. The molecular weight excluding hydrogens is 234 g/mol. The quantitative estimate of drug-likeness (QED) is 0.799. The summed E-state index contributed by atoms with van der Waals surface area (Å²) >= 11 is 0. The van der Waals surface area contributed by atoms with Gasteiger partial charge in [0.25, 0.3) is 0 Å². The van der Waals surface area contributed by atoms with E-state index in [0.29, 0.717) is 12.5 Å². The molecule has 0 saturated carbocycles. The molecule has 7 nitrogen and oxygen atoms in total. The summed E-state index contributed by atoms with van der Waals surface area (Å²) in [6.07, 6.45) is 3.62. The maximum atomic E-state index is 12.1. The summed E-state index contributed by atoms with van der Waals surface area (Å²) in [6.45, 7) is 2.48. The molecule has 1 aliphatic heterocycles. The Morgan fingerprint density at radius 1 is 1.67 bits per heavy atom. The molecule has 1 atom stereocenters. The van der Waals surface area contributed by atoms with Crippen LogP contribution in [0, 0.1) is 5.92 Å². The Morgan fingerprint density at radius 2 is 2.50 bits per heavy atom. The summed E-state index contributed by atoms with van der Waals surface area (Å²) < 4.78 is 6.62. The summed E-state index contributed by atoms with van der Waals surface area (Å²) in [5.74, 6) is 0.688. The van der Waals surface area contributed by atoms with E-state index in [2.05, 4.69) is 10.1 Å². The summed E-state index contributed by atoms with van der Waals surface area (Å²) in [5, 5.41) is 3.91. The molecule has 0 aliphatic carbocycles. The maximum Gasteiger partial charge on any atom is 0.244 e. The minimum absolute atomic E-state index is 0.0562. The van der Waals surface area contributed by atoms with Crippen LogP contribution in [0.2, 0.25) is 0 Å². The van der Waals surface area contributed by atoms with E-state index in [1.54, 1.807) is 7.11 Å². The minimum atomic E-state index is 0.0562. The number of carbonyl (C=O) groups excluding carboxylic acids is 1. The highest BCUT2D eigenvalue weighted by Gasteiger charge is 2.23. The SMILES string of the molecule is COCC1CCCN(C(=O)Cn2cnc(N)n2)C1. The number of nitrogens with zero attached hydrogens (tertiary/aromatic N) is 4. The second kappa shape index (κ2) is 5.81. The summed E-state index contributed by atoms with van der Waals surface area (Å²) in [6, 6.07) is 0. The summed E-state index contributed by atoms with van der Waals surface area (Å²) in [7, 11) is 1.69. The number of likely N-dealkylation sites (tertiary alicyclic amines) is 1. The molecule has 7 heteroatoms. The first-order valence-corrected chi connectivity index (χ1v) is 6.10. The van der Waals surface area contributed by atoms with Gasteiger partial charge in [-0.15, -0.1) is 5.10 Å². The molecule has 1 amide bonds. The minimum Gasteiger partial charge on any atom is -0.384 e. The monoisotopic (exact) mass is 253 g/mol. The first-order chi connectivity index (χ1) is 8.69. The Bertz CT molecular complexity index is 404. The largest absolute Gasteiger partial charge is 0.384 e. The second-order valence-electron chi connectivity index (χ2n) is 4.60. The molecule has 2 N–H and O–H groups in total. The molecule has 1 aromatic rings. The van der Waals surface area contributed by atoms with Crippen molar-refractivity contribution < 1.29 is 9.53 Å². The Balaban J connectivity index is 1.88. The van der Waals surface area contributed by atoms with Crippen molar-refractivity contribution in [2.45, 2.75) is 19.4 Å². The zero-order chi connectivity index (χ0) is 13.0. The predicted molar refractivity (Wildman–Crippen MR) is 65.6 cm³/mol. The number of nitrogens with two attached hydrogens (primary N) is 1. The van der Waals surface area contributed by atoms with Gasteiger partial charge in [-0.3, -0.25) is 4.79 Å². The molecule has 1 unspecified atom stereocenters. The molecule has 1 fully saturated rings. The standard InChI is InChI=1S/C11H19N5O2/c1-18-7-9-3-2-4-15(5-9)10(17)6-16-8-13-11(12)14-16/h8-9H,2-7H2,1H3,(H2,12,14). The molecule has 1 aromatic heterocycles. The number of ether oxygens (including phenoxy) is 1. The van der Waals surface area contributed by atoms with Crippen LogP contribution >= 0.6 is 0 Å². The fourth-order valence-electron chi connectivity index (χ4n) is 2.29. The van der Waals surface area contributed by atoms with Gasteiger partial charge in [0, 0.05) is 20.2 Å². The third-order valence-corrected chi connectivity index (χ3v) is 3.13. The van der Waals surface area contributed by atoms with Crippen LogP contribution in [0.4, 0.5) is 5.95 Å². The Morgan fingerprint density at radius 3 is 3.17 bits per heavy atom. The molecule has 2 rings (SSSR count). The average Bonchev–Trinajstić information content (AvgIpc) is 2.75. The van der Waals surface area contributed by atoms with Crippen molar-refractivity contribution in [2.24, 2.45) is 5.92 Å². The topological polar surface area (TPSA) is 86.3 Å². The number of piperidine rings is 1. The van der Waals surface area contributed by atoms with Gasteiger partial charge in [-0.2, -0.15) is 0 Å². The van der Waals surface area contributed by atoms with Gasteiger partial charge in [0.2, 0.25) is 11.9 Å². The van der Waals surface area contributed by atoms with Crippen LogP contribution in [0.3, 0.4) is 0 Å². The molecule has 0 bridgehead atoms. The lowest BCUT2D eigenvalue weighted by Crippen LogP contribution is -2.42. The molecule has 1 saturated heterocycles. The van der Waals surface area contributed by atoms with Gasteiger partial charge in [0.05, 0.1) is 6.61 Å². The first kappa shape index (κ1) is 12.8. The van der Waals surface area contributed by atoms with Crippen LogP contribution in [-0.4, -0.2) is 52.4 Å². The van der Waals surface area contributed by atoms with Crippen LogP contribution in [0.5, 0.6) is 0 Å². The highest BCUT2D eigenvalue weighted by molar-refractivity contribution is 5.76. The molecule has 2 heterocycles. The molecule has 100 valence electrons. The normalized spacial score (nSPS) is 20.1. The number of aromatic nitrogens is 3. The summed E-state index contributed by atoms with van der Waals surface area (Å²) in [4.78, 5) is 17.7. The average molecular weight is 253 g/mol. The van der Waals surface area contributed by atoms with Gasteiger partial charge in [-0.05, 0) is 18.8 Å². The fourth-order valence-corrected chi connectivity index (χ4v) is 2.29. The van der Waals surface area contributed by atoms with E-state index in [4.69, 9.17) is 10.5 Å². The van der Waals surface area contributed by atoms with Crippen molar-refractivity contribution in [1.82, 2.24) is 19.7 Å². The lowest BCUT2D eigenvalue weighted by molar-refractivity contribution is -0.134. The first-order valence-electron chi connectivity index (χ1n) is 6.10. The fraction of sp³-hybridized carbons (Fsp3) is 0.727. The van der Waals surface area contributed by atoms with Crippen LogP contribution < -0.4 is 5.73 Å². The van der Waals surface area contributed by atoms with Gasteiger partial charge < -0.3 is 15.4 Å². The van der Waals surface area contributed by atoms with E-state index in [0.717, 1.165) is 25.9 Å². The molecule has 0 radical (unpaired) electrons. The van der Waals surface area contributed by atoms with E-state index in [9.17, 15) is 4.79 Å². The van der Waals surface area contributed by atoms with Crippen LogP contribution in [0.1, 0.15) is 12.8 Å². The van der Waals surface area contributed by atoms with Gasteiger partial charge in [0.15, 0.2) is 0 Å². The number of carbonyl (C=O) groups is 1. The zero-order valence-corrected chi connectivity index (χ0v) is 10.6. The van der Waals surface area contributed by atoms with E-state index in [-0.39, 0.29) is 18.4 Å². The Labute approximate surface area is 106 Å². The number of hydrogen-bond donors (Lipinski definition) is 1. The number of methoxy groups -OCH3 is 1. The van der Waals surface area contributed by atoms with Crippen molar-refractivity contribution in [3.63, 3.8) is 0 Å². The number of rotatable bonds is 4. The molecular formula is C11H19N5O2. The lowest BCUT2D eigenvalue weighted by atomic mass is 9.99. The van der Waals surface area contributed by atoms with Crippen LogP contribution in [0.15, 0.2) is 6.33 Å². The number of hydrogen-bond acceptors (Lipinski definition) is 5. The zero-order valence-electron chi connectivity index (χ0n) is 10.6. The van der Waals surface area contributed by atoms with Crippen molar-refractivity contribution in [3.8, 4) is 0 Å². The van der Waals surface area contributed by atoms with Gasteiger partial charge in [-0.25, -0.2) is 9.67 Å². The number of amides is 1. The third-order valence-electron chi connectivity index (χ3n) is 3.13. The predicted octanol–water partition coefficient (Wildman–Crippen LogP) is -0.255. The molecule has 0 aromatic carbocycles. The van der Waals surface area contributed by atoms with Crippen molar-refractivity contribution in [1.29, 1.82) is 0 Å². The lowest BCUT2D eigenvalue weighted by Gasteiger charge is -2.32. The Hall–Kier alpha value is -1.63. The van der Waals surface area contributed by atoms with E-state index in [1.165, 1.54) is 11.0 Å². The Kier molecular flexibility index (Phi) is 4.14. The van der Waals surface area contributed by atoms with E-state index >= 15 is 0 Å². The van der Waals surface area contributed by atoms with Crippen LogP contribution in [0.25, 0.3) is 0 Å². The second-order valence-corrected chi connectivity index (χ2v) is 4.60. The smallest absolute Gasteiger partial charge is 0.244 e. The van der Waals surface area contributed by atoms with Crippen molar-refractivity contribution in [2.75, 3.05) is 32.5 Å². The number of nitrogen functional groups attached to an aromatic ring is 1. The van der Waals surface area contributed by atoms with Gasteiger partial charge >= 0.3 is 0 Å². The van der Waals surface area contributed by atoms with Gasteiger partial charge in [-0.1, -0.05) is 0 Å². The number of anilines is 1. The third kappa shape index (κ3) is 3.19. The summed E-state index contributed by atoms with van der Waals surface area (Å²) in [5.41, 5.74) is 5.41.